The Labute approximate surface area is 118 Å². The molecule has 0 saturated carbocycles. The summed E-state index contributed by atoms with van der Waals surface area (Å²) >= 11 is 0. The number of aliphatic hydroxyl groups is 1. The van der Waals surface area contributed by atoms with Crippen LogP contribution in [0.25, 0.3) is 0 Å². The van der Waals surface area contributed by atoms with Gasteiger partial charge in [0.25, 0.3) is 0 Å². The Kier molecular flexibility index (Phi) is 4.15. The molecule has 0 saturated heterocycles. The number of phenols is 1. The normalized spacial score (nSPS) is 12.0. The fourth-order valence-corrected chi connectivity index (χ4v) is 2.06. The molecule has 0 bridgehead atoms. The predicted octanol–water partition coefficient (Wildman–Crippen LogP) is 3.22. The van der Waals surface area contributed by atoms with Gasteiger partial charge in [0.2, 0.25) is 0 Å². The molecule has 1 unspecified atom stereocenters. The lowest BCUT2D eigenvalue weighted by molar-refractivity contribution is 0.195. The molecule has 0 heterocycles. The van der Waals surface area contributed by atoms with E-state index in [2.05, 4.69) is 0 Å². The summed E-state index contributed by atoms with van der Waals surface area (Å²) in [4.78, 5) is 1.94. The third kappa shape index (κ3) is 2.86. The molecule has 2 aromatic carbocycles. The van der Waals surface area contributed by atoms with Gasteiger partial charge in [0, 0.05) is 36.1 Å². The first-order chi connectivity index (χ1) is 9.52. The van der Waals surface area contributed by atoms with Gasteiger partial charge in [0.1, 0.15) is 11.5 Å². The maximum Gasteiger partial charge on any atom is 0.123 e. The molecule has 1 atom stereocenters. The fraction of sp³-hybridized carbons (Fsp3) is 0.250. The van der Waals surface area contributed by atoms with Crippen LogP contribution in [0.4, 0.5) is 11.4 Å². The predicted molar refractivity (Wildman–Crippen MR) is 79.8 cm³/mol. The van der Waals surface area contributed by atoms with Crippen LogP contribution in [0.5, 0.6) is 11.5 Å². The standard InChI is InChI=1S/C16H19NO3/c1-11(18)15-8-7-13(10-16(15)19)17(2)12-5-4-6-14(9-12)20-3/h4-11,18-19H,1-3H3. The number of rotatable bonds is 4. The highest BCUT2D eigenvalue weighted by atomic mass is 16.5. The number of nitrogens with zero attached hydrogens (tertiary/aromatic N) is 1. The summed E-state index contributed by atoms with van der Waals surface area (Å²) in [5.74, 6) is 0.867. The fourth-order valence-electron chi connectivity index (χ4n) is 2.06. The quantitative estimate of drug-likeness (QED) is 0.898. The van der Waals surface area contributed by atoms with Crippen molar-refractivity contribution < 1.29 is 14.9 Å². The van der Waals surface area contributed by atoms with Gasteiger partial charge in [0.15, 0.2) is 0 Å². The van der Waals surface area contributed by atoms with Gasteiger partial charge in [-0.2, -0.15) is 0 Å². The van der Waals surface area contributed by atoms with Gasteiger partial charge in [-0.1, -0.05) is 12.1 Å². The second-order valence-corrected chi connectivity index (χ2v) is 4.68. The van der Waals surface area contributed by atoms with E-state index in [4.69, 9.17) is 4.74 Å². The molecule has 4 heteroatoms. The van der Waals surface area contributed by atoms with Crippen molar-refractivity contribution in [1.82, 2.24) is 0 Å². The highest BCUT2D eigenvalue weighted by Crippen LogP contribution is 2.32. The van der Waals surface area contributed by atoms with Gasteiger partial charge < -0.3 is 19.8 Å². The summed E-state index contributed by atoms with van der Waals surface area (Å²) in [7, 11) is 3.54. The van der Waals surface area contributed by atoms with E-state index in [-0.39, 0.29) is 5.75 Å². The highest BCUT2D eigenvalue weighted by molar-refractivity contribution is 5.65. The molecule has 0 aliphatic carbocycles. The largest absolute Gasteiger partial charge is 0.507 e. The maximum atomic E-state index is 9.95. The lowest BCUT2D eigenvalue weighted by atomic mass is 10.1. The highest BCUT2D eigenvalue weighted by Gasteiger charge is 2.11. The van der Waals surface area contributed by atoms with Crippen LogP contribution in [0.1, 0.15) is 18.6 Å². The summed E-state index contributed by atoms with van der Waals surface area (Å²) in [5, 5.41) is 19.5. The van der Waals surface area contributed by atoms with Crippen LogP contribution in [0.2, 0.25) is 0 Å². The van der Waals surface area contributed by atoms with Crippen molar-refractivity contribution in [3.8, 4) is 11.5 Å². The molecule has 0 aliphatic rings. The van der Waals surface area contributed by atoms with Gasteiger partial charge in [-0.25, -0.2) is 0 Å². The zero-order chi connectivity index (χ0) is 14.7. The molecule has 0 amide bonds. The van der Waals surface area contributed by atoms with Crippen LogP contribution < -0.4 is 9.64 Å². The molecule has 2 rings (SSSR count). The average molecular weight is 273 g/mol. The second-order valence-electron chi connectivity index (χ2n) is 4.68. The molecule has 106 valence electrons. The third-order valence-corrected chi connectivity index (χ3v) is 3.29. The van der Waals surface area contributed by atoms with Crippen LogP contribution in [0.15, 0.2) is 42.5 Å². The molecule has 0 spiro atoms. The van der Waals surface area contributed by atoms with Gasteiger partial charge in [-0.3, -0.25) is 0 Å². The topological polar surface area (TPSA) is 52.9 Å². The van der Waals surface area contributed by atoms with E-state index in [0.29, 0.717) is 5.56 Å². The van der Waals surface area contributed by atoms with Crippen molar-refractivity contribution in [1.29, 1.82) is 0 Å². The van der Waals surface area contributed by atoms with E-state index in [9.17, 15) is 10.2 Å². The molecule has 0 fully saturated rings. The Hall–Kier alpha value is -2.20. The van der Waals surface area contributed by atoms with Crippen LogP contribution in [-0.2, 0) is 0 Å². The zero-order valence-electron chi connectivity index (χ0n) is 11.9. The SMILES string of the molecule is COc1cccc(N(C)c2ccc(C(C)O)c(O)c2)c1. The number of ether oxygens (including phenoxy) is 1. The molecular weight excluding hydrogens is 254 g/mol. The van der Waals surface area contributed by atoms with Gasteiger partial charge >= 0.3 is 0 Å². The van der Waals surface area contributed by atoms with E-state index in [1.165, 1.54) is 0 Å². The van der Waals surface area contributed by atoms with Crippen molar-refractivity contribution >= 4 is 11.4 Å². The van der Waals surface area contributed by atoms with E-state index >= 15 is 0 Å². The molecule has 4 nitrogen and oxygen atoms in total. The zero-order valence-corrected chi connectivity index (χ0v) is 11.9. The van der Waals surface area contributed by atoms with Crippen LogP contribution >= 0.6 is 0 Å². The maximum absolute atomic E-state index is 9.95. The number of hydrogen-bond donors (Lipinski definition) is 2. The Morgan fingerprint density at radius 3 is 2.40 bits per heavy atom. The minimum Gasteiger partial charge on any atom is -0.507 e. The monoisotopic (exact) mass is 273 g/mol. The minimum atomic E-state index is -0.689. The summed E-state index contributed by atoms with van der Waals surface area (Å²) in [6.45, 7) is 1.63. The van der Waals surface area contributed by atoms with Gasteiger partial charge in [0.05, 0.1) is 13.2 Å². The summed E-state index contributed by atoms with van der Waals surface area (Å²) in [6, 6.07) is 12.9. The third-order valence-electron chi connectivity index (χ3n) is 3.29. The number of aromatic hydroxyl groups is 1. The first kappa shape index (κ1) is 14.2. The van der Waals surface area contributed by atoms with E-state index in [1.54, 1.807) is 26.2 Å². The molecule has 0 aromatic heterocycles. The van der Waals surface area contributed by atoms with E-state index in [1.807, 2.05) is 42.3 Å². The molecule has 0 radical (unpaired) electrons. The van der Waals surface area contributed by atoms with Crippen molar-refractivity contribution in [2.24, 2.45) is 0 Å². The number of phenolic OH excluding ortho intramolecular Hbond substituents is 1. The molecule has 20 heavy (non-hydrogen) atoms. The van der Waals surface area contributed by atoms with E-state index in [0.717, 1.165) is 17.1 Å². The Morgan fingerprint density at radius 1 is 1.10 bits per heavy atom. The summed E-state index contributed by atoms with van der Waals surface area (Å²) in [6.07, 6.45) is -0.689. The molecule has 2 aromatic rings. The first-order valence-electron chi connectivity index (χ1n) is 6.41. The van der Waals surface area contributed by atoms with Gasteiger partial charge in [-0.05, 0) is 25.1 Å². The second kappa shape index (κ2) is 5.84. The van der Waals surface area contributed by atoms with Crippen LogP contribution in [0, 0.1) is 0 Å². The van der Waals surface area contributed by atoms with Crippen molar-refractivity contribution in [2.45, 2.75) is 13.0 Å². The number of benzene rings is 2. The Morgan fingerprint density at radius 2 is 1.80 bits per heavy atom. The Bertz CT molecular complexity index is 596. The lowest BCUT2D eigenvalue weighted by Gasteiger charge is -2.21. The van der Waals surface area contributed by atoms with Gasteiger partial charge in [-0.15, -0.1) is 0 Å². The molecule has 2 N–H and O–H groups in total. The van der Waals surface area contributed by atoms with Crippen molar-refractivity contribution in [3.63, 3.8) is 0 Å². The number of anilines is 2. The number of methoxy groups -OCH3 is 1. The van der Waals surface area contributed by atoms with Crippen LogP contribution in [0.3, 0.4) is 0 Å². The van der Waals surface area contributed by atoms with Crippen LogP contribution in [-0.4, -0.2) is 24.4 Å². The average Bonchev–Trinajstić information content (AvgIpc) is 2.46. The minimum absolute atomic E-state index is 0.0900. The molecule has 0 aliphatic heterocycles. The smallest absolute Gasteiger partial charge is 0.123 e. The Balaban J connectivity index is 2.33. The first-order valence-corrected chi connectivity index (χ1v) is 6.41. The summed E-state index contributed by atoms with van der Waals surface area (Å²) in [5.41, 5.74) is 2.31. The van der Waals surface area contributed by atoms with Crippen molar-refractivity contribution in [3.05, 3.63) is 48.0 Å². The molecular formula is C16H19NO3. The summed E-state index contributed by atoms with van der Waals surface area (Å²) < 4.78 is 5.21. The number of aliphatic hydroxyl groups excluding tert-OH is 1. The van der Waals surface area contributed by atoms with E-state index < -0.39 is 6.10 Å². The number of hydrogen-bond acceptors (Lipinski definition) is 4. The van der Waals surface area contributed by atoms with Crippen molar-refractivity contribution in [2.75, 3.05) is 19.1 Å². The lowest BCUT2D eigenvalue weighted by Crippen LogP contribution is -2.09.